The van der Waals surface area contributed by atoms with Gasteiger partial charge in [0, 0.05) is 26.4 Å². The fourth-order valence-corrected chi connectivity index (χ4v) is 1.41. The molecule has 0 unspecified atom stereocenters. The van der Waals surface area contributed by atoms with Gasteiger partial charge in [-0.3, -0.25) is 0 Å². The minimum Gasteiger partial charge on any atom is -0.376 e. The molecule has 0 saturated heterocycles. The fraction of sp³-hybridized carbons (Fsp3) is 0.143. The highest BCUT2D eigenvalue weighted by Gasteiger charge is 2.05. The maximum atomic E-state index is 13.4. The molecule has 0 spiro atoms. The topological polar surface area (TPSA) is 62.9 Å². The zero-order valence-corrected chi connectivity index (χ0v) is 11.0. The number of benzene rings is 1. The third-order valence-corrected chi connectivity index (χ3v) is 2.37. The van der Waals surface area contributed by atoms with Gasteiger partial charge in [-0.05, 0) is 18.2 Å². The minimum absolute atomic E-state index is 0.0624. The van der Waals surface area contributed by atoms with Gasteiger partial charge in [0.05, 0.1) is 11.4 Å². The Labute approximate surface area is 115 Å². The van der Waals surface area contributed by atoms with Crippen LogP contribution in [-0.4, -0.2) is 19.0 Å². The van der Waals surface area contributed by atoms with Gasteiger partial charge in [-0.1, -0.05) is 0 Å². The molecule has 0 fully saturated rings. The first-order valence-corrected chi connectivity index (χ1v) is 5.59. The molecule has 1 N–H and O–H groups in total. The normalized spacial score (nSPS) is 9.70. The van der Waals surface area contributed by atoms with Crippen molar-refractivity contribution < 1.29 is 8.78 Å². The monoisotopic (exact) mass is 274 g/mol. The molecule has 0 heterocycles. The second-order valence-electron chi connectivity index (χ2n) is 3.98. The van der Waals surface area contributed by atoms with Crippen LogP contribution in [0, 0.1) is 34.3 Å². The average Bonchev–Trinajstić information content (AvgIpc) is 2.40. The Balaban J connectivity index is 2.95. The van der Waals surface area contributed by atoms with Gasteiger partial charge in [0.1, 0.15) is 23.8 Å². The minimum atomic E-state index is -0.731. The van der Waals surface area contributed by atoms with Crippen LogP contribution in [0.4, 0.5) is 14.5 Å². The Bertz CT molecular complexity index is 618. The lowest BCUT2D eigenvalue weighted by Crippen LogP contribution is -2.11. The van der Waals surface area contributed by atoms with Crippen molar-refractivity contribution >= 4 is 5.69 Å². The lowest BCUT2D eigenvalue weighted by atomic mass is 10.2. The van der Waals surface area contributed by atoms with Crippen LogP contribution < -0.4 is 5.32 Å². The van der Waals surface area contributed by atoms with E-state index in [0.717, 1.165) is 12.1 Å². The van der Waals surface area contributed by atoms with Crippen molar-refractivity contribution in [3.8, 4) is 12.1 Å². The SMILES string of the molecule is CN(C)C(C=CNc1ccc(F)cc1F)=C(C#N)C#N. The van der Waals surface area contributed by atoms with Crippen LogP contribution in [0.1, 0.15) is 0 Å². The number of hydrogen-bond acceptors (Lipinski definition) is 4. The zero-order valence-electron chi connectivity index (χ0n) is 11.0. The molecule has 0 amide bonds. The van der Waals surface area contributed by atoms with Crippen LogP contribution in [0.5, 0.6) is 0 Å². The number of likely N-dealkylation sites (N-methyl/N-ethyl adjacent to an activating group) is 1. The van der Waals surface area contributed by atoms with Gasteiger partial charge in [0.15, 0.2) is 5.57 Å². The molecule has 1 aromatic rings. The predicted octanol–water partition coefficient (Wildman–Crippen LogP) is 2.75. The molecule has 1 aromatic carbocycles. The summed E-state index contributed by atoms with van der Waals surface area (Å²) in [7, 11) is 3.35. The smallest absolute Gasteiger partial charge is 0.152 e. The molecule has 0 saturated carbocycles. The second-order valence-corrected chi connectivity index (χ2v) is 3.98. The molecule has 0 bridgehead atoms. The predicted molar refractivity (Wildman–Crippen MR) is 71.1 cm³/mol. The molecule has 1 rings (SSSR count). The van der Waals surface area contributed by atoms with Crippen LogP contribution >= 0.6 is 0 Å². The first kappa shape index (κ1) is 15.2. The maximum Gasteiger partial charge on any atom is 0.152 e. The van der Waals surface area contributed by atoms with Crippen molar-refractivity contribution in [3.63, 3.8) is 0 Å². The van der Waals surface area contributed by atoms with Crippen molar-refractivity contribution in [2.75, 3.05) is 19.4 Å². The van der Waals surface area contributed by atoms with Gasteiger partial charge in [-0.25, -0.2) is 8.78 Å². The molecule has 0 aliphatic heterocycles. The van der Waals surface area contributed by atoms with Gasteiger partial charge < -0.3 is 10.2 Å². The largest absolute Gasteiger partial charge is 0.376 e. The summed E-state index contributed by atoms with van der Waals surface area (Å²) in [5, 5.41) is 20.3. The van der Waals surface area contributed by atoms with Gasteiger partial charge in [-0.2, -0.15) is 10.5 Å². The number of anilines is 1. The van der Waals surface area contributed by atoms with E-state index < -0.39 is 11.6 Å². The number of hydrogen-bond donors (Lipinski definition) is 1. The van der Waals surface area contributed by atoms with E-state index in [1.165, 1.54) is 18.3 Å². The summed E-state index contributed by atoms with van der Waals surface area (Å²) in [5.41, 5.74) is 0.411. The summed E-state index contributed by atoms with van der Waals surface area (Å²) in [6.45, 7) is 0. The van der Waals surface area contributed by atoms with Gasteiger partial charge >= 0.3 is 0 Å². The lowest BCUT2D eigenvalue weighted by Gasteiger charge is -2.13. The van der Waals surface area contributed by atoms with E-state index in [0.29, 0.717) is 5.70 Å². The number of rotatable bonds is 4. The van der Waals surface area contributed by atoms with Gasteiger partial charge in [-0.15, -0.1) is 0 Å². The Kier molecular flexibility index (Phi) is 5.25. The molecule has 6 heteroatoms. The molecule has 0 atom stereocenters. The summed E-state index contributed by atoms with van der Waals surface area (Å²) in [6, 6.07) is 6.68. The van der Waals surface area contributed by atoms with Crippen LogP contribution in [0.15, 0.2) is 41.7 Å². The van der Waals surface area contributed by atoms with Crippen molar-refractivity contribution in [2.24, 2.45) is 0 Å². The van der Waals surface area contributed by atoms with Crippen LogP contribution in [0.3, 0.4) is 0 Å². The fourth-order valence-electron chi connectivity index (χ4n) is 1.41. The van der Waals surface area contributed by atoms with E-state index >= 15 is 0 Å². The van der Waals surface area contributed by atoms with Crippen molar-refractivity contribution in [3.05, 3.63) is 53.4 Å². The van der Waals surface area contributed by atoms with E-state index in [1.807, 2.05) is 0 Å². The van der Waals surface area contributed by atoms with E-state index in [9.17, 15) is 8.78 Å². The van der Waals surface area contributed by atoms with E-state index in [1.54, 1.807) is 31.1 Å². The molecular weight excluding hydrogens is 262 g/mol. The van der Waals surface area contributed by atoms with Gasteiger partial charge in [0.2, 0.25) is 0 Å². The summed E-state index contributed by atoms with van der Waals surface area (Å²) < 4.78 is 26.1. The quantitative estimate of drug-likeness (QED) is 0.677. The highest BCUT2D eigenvalue weighted by Crippen LogP contribution is 2.15. The highest BCUT2D eigenvalue weighted by molar-refractivity contribution is 5.49. The first-order chi connectivity index (χ1) is 9.49. The molecule has 102 valence electrons. The molecule has 20 heavy (non-hydrogen) atoms. The Hall–Kier alpha value is -2.86. The maximum absolute atomic E-state index is 13.4. The average molecular weight is 274 g/mol. The molecule has 0 radical (unpaired) electrons. The van der Waals surface area contributed by atoms with E-state index in [4.69, 9.17) is 10.5 Å². The zero-order chi connectivity index (χ0) is 15.1. The van der Waals surface area contributed by atoms with Crippen LogP contribution in [0.25, 0.3) is 0 Å². The summed E-state index contributed by atoms with van der Waals surface area (Å²) >= 11 is 0. The summed E-state index contributed by atoms with van der Waals surface area (Å²) in [4.78, 5) is 1.58. The molecule has 0 aliphatic carbocycles. The molecule has 0 aliphatic rings. The van der Waals surface area contributed by atoms with E-state index in [2.05, 4.69) is 5.32 Å². The Morgan fingerprint density at radius 3 is 2.40 bits per heavy atom. The van der Waals surface area contributed by atoms with Gasteiger partial charge in [0.25, 0.3) is 0 Å². The first-order valence-electron chi connectivity index (χ1n) is 5.59. The Morgan fingerprint density at radius 1 is 1.25 bits per heavy atom. The summed E-state index contributed by atoms with van der Waals surface area (Å²) in [6.07, 6.45) is 2.84. The number of halogens is 2. The Morgan fingerprint density at radius 2 is 1.90 bits per heavy atom. The standard InChI is InChI=1S/C14H12F2N4/c1-20(2)14(10(8-17)9-18)5-6-19-13-4-3-11(15)7-12(13)16/h3-7,19H,1-2H3. The summed E-state index contributed by atoms with van der Waals surface area (Å²) in [5.74, 6) is -1.40. The van der Waals surface area contributed by atoms with Crippen LogP contribution in [-0.2, 0) is 0 Å². The molecule has 0 aromatic heterocycles. The third-order valence-electron chi connectivity index (χ3n) is 2.37. The number of nitriles is 2. The van der Waals surface area contributed by atoms with Crippen LogP contribution in [0.2, 0.25) is 0 Å². The van der Waals surface area contributed by atoms with E-state index in [-0.39, 0.29) is 11.3 Å². The van der Waals surface area contributed by atoms with Crippen molar-refractivity contribution in [2.45, 2.75) is 0 Å². The number of nitrogens with zero attached hydrogens (tertiary/aromatic N) is 3. The van der Waals surface area contributed by atoms with Crippen molar-refractivity contribution in [1.82, 2.24) is 4.90 Å². The second kappa shape index (κ2) is 6.91. The highest BCUT2D eigenvalue weighted by atomic mass is 19.1. The molecular formula is C14H12F2N4. The third kappa shape index (κ3) is 3.82. The molecule has 4 nitrogen and oxygen atoms in total. The number of nitrogens with one attached hydrogen (secondary N) is 1. The number of allylic oxidation sites excluding steroid dienone is 2. The van der Waals surface area contributed by atoms with Crippen molar-refractivity contribution in [1.29, 1.82) is 10.5 Å². The lowest BCUT2D eigenvalue weighted by molar-refractivity contribution is 0.527.